The van der Waals surface area contributed by atoms with Gasteiger partial charge in [0.1, 0.15) is 11.6 Å². The molecule has 0 aliphatic carbocycles. The SMILES string of the molecule is CC(=O)CNC(=O)C(C/C=C/c1ccccc1)CC(C)=O. The average Bonchev–Trinajstić information content (AvgIpc) is 2.44. The molecule has 0 saturated carbocycles. The van der Waals surface area contributed by atoms with E-state index in [-0.39, 0.29) is 30.4 Å². The van der Waals surface area contributed by atoms with Crippen LogP contribution in [0.15, 0.2) is 36.4 Å². The maximum atomic E-state index is 12.0. The van der Waals surface area contributed by atoms with Crippen LogP contribution in [0.4, 0.5) is 0 Å². The Balaban J connectivity index is 2.61. The molecule has 0 radical (unpaired) electrons. The van der Waals surface area contributed by atoms with Crippen LogP contribution < -0.4 is 5.32 Å². The number of benzene rings is 1. The minimum Gasteiger partial charge on any atom is -0.349 e. The summed E-state index contributed by atoms with van der Waals surface area (Å²) in [5, 5.41) is 2.56. The first-order valence-electron chi connectivity index (χ1n) is 6.97. The summed E-state index contributed by atoms with van der Waals surface area (Å²) in [6.45, 7) is 2.89. The Hall–Kier alpha value is -2.23. The van der Waals surface area contributed by atoms with E-state index in [4.69, 9.17) is 0 Å². The van der Waals surface area contributed by atoms with Crippen molar-refractivity contribution in [1.82, 2.24) is 5.32 Å². The van der Waals surface area contributed by atoms with Crippen molar-refractivity contribution in [2.45, 2.75) is 26.7 Å². The van der Waals surface area contributed by atoms with Gasteiger partial charge in [0.05, 0.1) is 6.54 Å². The van der Waals surface area contributed by atoms with Crippen LogP contribution in [0.3, 0.4) is 0 Å². The molecule has 1 N–H and O–H groups in total. The molecule has 1 rings (SSSR count). The number of allylic oxidation sites excluding steroid dienone is 1. The van der Waals surface area contributed by atoms with E-state index >= 15 is 0 Å². The summed E-state index contributed by atoms with van der Waals surface area (Å²) >= 11 is 0. The van der Waals surface area contributed by atoms with Gasteiger partial charge in [-0.05, 0) is 25.8 Å². The van der Waals surface area contributed by atoms with Gasteiger partial charge < -0.3 is 10.1 Å². The molecule has 0 saturated heterocycles. The molecular formula is C17H21NO3. The van der Waals surface area contributed by atoms with Crippen molar-refractivity contribution >= 4 is 23.5 Å². The summed E-state index contributed by atoms with van der Waals surface area (Å²) < 4.78 is 0. The highest BCUT2D eigenvalue weighted by Crippen LogP contribution is 2.12. The van der Waals surface area contributed by atoms with Crippen molar-refractivity contribution in [2.24, 2.45) is 5.92 Å². The van der Waals surface area contributed by atoms with Crippen molar-refractivity contribution in [3.63, 3.8) is 0 Å². The molecule has 0 fully saturated rings. The molecule has 1 unspecified atom stereocenters. The number of rotatable bonds is 8. The molecule has 1 aromatic carbocycles. The van der Waals surface area contributed by atoms with E-state index in [9.17, 15) is 14.4 Å². The summed E-state index contributed by atoms with van der Waals surface area (Å²) in [6, 6.07) is 9.74. The molecule has 0 spiro atoms. The van der Waals surface area contributed by atoms with E-state index in [1.165, 1.54) is 13.8 Å². The lowest BCUT2D eigenvalue weighted by atomic mass is 9.97. The number of amides is 1. The van der Waals surface area contributed by atoms with Gasteiger partial charge in [0.25, 0.3) is 0 Å². The zero-order chi connectivity index (χ0) is 15.7. The lowest BCUT2D eigenvalue weighted by molar-refractivity contribution is -0.130. The van der Waals surface area contributed by atoms with E-state index in [0.29, 0.717) is 6.42 Å². The topological polar surface area (TPSA) is 63.2 Å². The summed E-state index contributed by atoms with van der Waals surface area (Å²) in [4.78, 5) is 34.1. The van der Waals surface area contributed by atoms with Gasteiger partial charge in [-0.15, -0.1) is 0 Å². The predicted molar refractivity (Wildman–Crippen MR) is 82.6 cm³/mol. The third kappa shape index (κ3) is 7.20. The number of hydrogen-bond acceptors (Lipinski definition) is 3. The Labute approximate surface area is 125 Å². The lowest BCUT2D eigenvalue weighted by Gasteiger charge is -2.13. The second kappa shape index (κ2) is 8.84. The van der Waals surface area contributed by atoms with E-state index < -0.39 is 5.92 Å². The Morgan fingerprint density at radius 2 is 1.76 bits per heavy atom. The molecule has 112 valence electrons. The van der Waals surface area contributed by atoms with Gasteiger partial charge in [-0.2, -0.15) is 0 Å². The first-order chi connectivity index (χ1) is 9.99. The third-order valence-electron chi connectivity index (χ3n) is 2.95. The lowest BCUT2D eigenvalue weighted by Crippen LogP contribution is -2.34. The maximum Gasteiger partial charge on any atom is 0.224 e. The van der Waals surface area contributed by atoms with Gasteiger partial charge in [-0.25, -0.2) is 0 Å². The van der Waals surface area contributed by atoms with Crippen LogP contribution in [0.2, 0.25) is 0 Å². The number of nitrogens with one attached hydrogen (secondary N) is 1. The molecular weight excluding hydrogens is 266 g/mol. The summed E-state index contributed by atoms with van der Waals surface area (Å²) in [6.07, 6.45) is 4.46. The van der Waals surface area contributed by atoms with Crippen LogP contribution in [0.25, 0.3) is 6.08 Å². The number of carbonyl (C=O) groups is 3. The molecule has 1 amide bonds. The fourth-order valence-electron chi connectivity index (χ4n) is 1.92. The molecule has 4 heteroatoms. The molecule has 0 aliphatic rings. The zero-order valence-corrected chi connectivity index (χ0v) is 12.5. The highest BCUT2D eigenvalue weighted by Gasteiger charge is 2.18. The zero-order valence-electron chi connectivity index (χ0n) is 12.5. The van der Waals surface area contributed by atoms with Crippen LogP contribution in [-0.2, 0) is 14.4 Å². The first kappa shape index (κ1) is 16.8. The quantitative estimate of drug-likeness (QED) is 0.798. The summed E-state index contributed by atoms with van der Waals surface area (Å²) in [5.74, 6) is -0.823. The second-order valence-corrected chi connectivity index (χ2v) is 5.07. The molecule has 21 heavy (non-hydrogen) atoms. The highest BCUT2D eigenvalue weighted by atomic mass is 16.2. The van der Waals surface area contributed by atoms with Crippen molar-refractivity contribution < 1.29 is 14.4 Å². The molecule has 0 aromatic heterocycles. The van der Waals surface area contributed by atoms with E-state index in [1.807, 2.05) is 42.5 Å². The van der Waals surface area contributed by atoms with Crippen LogP contribution in [0, 0.1) is 5.92 Å². The van der Waals surface area contributed by atoms with Crippen LogP contribution >= 0.6 is 0 Å². The van der Waals surface area contributed by atoms with Crippen LogP contribution in [0.1, 0.15) is 32.3 Å². The first-order valence-corrected chi connectivity index (χ1v) is 6.97. The standard InChI is InChI=1S/C17H21NO3/c1-13(19)11-16(17(21)18-12-14(2)20)10-6-9-15-7-4-3-5-8-15/h3-9,16H,10-12H2,1-2H3,(H,18,21)/b9-6+. The van der Waals surface area contributed by atoms with Gasteiger partial charge in [-0.3, -0.25) is 9.59 Å². The Bertz CT molecular complexity index is 520. The van der Waals surface area contributed by atoms with Crippen molar-refractivity contribution in [3.8, 4) is 0 Å². The van der Waals surface area contributed by atoms with Crippen molar-refractivity contribution in [2.75, 3.05) is 6.54 Å². The molecule has 1 atom stereocenters. The Morgan fingerprint density at radius 1 is 1.10 bits per heavy atom. The number of Topliss-reactive ketones (excluding diaryl/α,β-unsaturated/α-hetero) is 2. The average molecular weight is 287 g/mol. The number of ketones is 2. The molecule has 0 aliphatic heterocycles. The van der Waals surface area contributed by atoms with Gasteiger partial charge in [-0.1, -0.05) is 42.5 Å². The van der Waals surface area contributed by atoms with Gasteiger partial charge in [0, 0.05) is 12.3 Å². The summed E-state index contributed by atoms with van der Waals surface area (Å²) in [7, 11) is 0. The van der Waals surface area contributed by atoms with Gasteiger partial charge in [0.2, 0.25) is 5.91 Å². The third-order valence-corrected chi connectivity index (χ3v) is 2.95. The highest BCUT2D eigenvalue weighted by molar-refractivity contribution is 5.88. The minimum absolute atomic E-state index is 0.00956. The van der Waals surface area contributed by atoms with Crippen LogP contribution in [-0.4, -0.2) is 24.0 Å². The summed E-state index contributed by atoms with van der Waals surface area (Å²) in [5.41, 5.74) is 1.04. The normalized spacial score (nSPS) is 12.1. The van der Waals surface area contributed by atoms with Gasteiger partial charge >= 0.3 is 0 Å². The second-order valence-electron chi connectivity index (χ2n) is 5.07. The molecule has 0 heterocycles. The fourth-order valence-corrected chi connectivity index (χ4v) is 1.92. The van der Waals surface area contributed by atoms with Crippen molar-refractivity contribution in [3.05, 3.63) is 42.0 Å². The number of hydrogen-bond donors (Lipinski definition) is 1. The van der Waals surface area contributed by atoms with Gasteiger partial charge in [0.15, 0.2) is 0 Å². The largest absolute Gasteiger partial charge is 0.349 e. The molecule has 0 bridgehead atoms. The Kier molecular flexibility index (Phi) is 7.09. The van der Waals surface area contributed by atoms with E-state index in [1.54, 1.807) is 0 Å². The van der Waals surface area contributed by atoms with E-state index in [0.717, 1.165) is 5.56 Å². The van der Waals surface area contributed by atoms with Crippen LogP contribution in [0.5, 0.6) is 0 Å². The molecule has 4 nitrogen and oxygen atoms in total. The predicted octanol–water partition coefficient (Wildman–Crippen LogP) is 2.39. The monoisotopic (exact) mass is 287 g/mol. The minimum atomic E-state index is -0.429. The van der Waals surface area contributed by atoms with E-state index in [2.05, 4.69) is 5.32 Å². The smallest absolute Gasteiger partial charge is 0.224 e. The number of carbonyl (C=O) groups excluding carboxylic acids is 3. The Morgan fingerprint density at radius 3 is 2.33 bits per heavy atom. The maximum absolute atomic E-state index is 12.0. The molecule has 1 aromatic rings. The van der Waals surface area contributed by atoms with Crippen molar-refractivity contribution in [1.29, 1.82) is 0 Å². The fraction of sp³-hybridized carbons (Fsp3) is 0.353.